The second-order valence-corrected chi connectivity index (χ2v) is 10.7. The van der Waals surface area contributed by atoms with Gasteiger partial charge in [-0.25, -0.2) is 0 Å². The predicted octanol–water partition coefficient (Wildman–Crippen LogP) is 4.65. The number of hydrogen-bond donors (Lipinski definition) is 0. The van der Waals surface area contributed by atoms with Crippen LogP contribution in [-0.2, 0) is 14.3 Å². The van der Waals surface area contributed by atoms with E-state index in [1.807, 2.05) is 6.08 Å². The van der Waals surface area contributed by atoms with E-state index in [-0.39, 0.29) is 22.7 Å². The third-order valence-corrected chi connectivity index (χ3v) is 9.61. The maximum Gasteiger partial charge on any atom is 0.170 e. The highest BCUT2D eigenvalue weighted by molar-refractivity contribution is 5.91. The molecule has 5 rings (SSSR count). The van der Waals surface area contributed by atoms with Crippen LogP contribution in [0.1, 0.15) is 65.7 Å². The van der Waals surface area contributed by atoms with Crippen molar-refractivity contribution in [3.8, 4) is 6.07 Å². The monoisotopic (exact) mass is 383 g/mol. The molecule has 4 nitrogen and oxygen atoms in total. The van der Waals surface area contributed by atoms with Crippen molar-refractivity contribution in [2.45, 2.75) is 71.5 Å². The van der Waals surface area contributed by atoms with Gasteiger partial charge >= 0.3 is 0 Å². The Kier molecular flexibility index (Phi) is 4.14. The normalized spacial score (nSPS) is 49.6. The van der Waals surface area contributed by atoms with Gasteiger partial charge in [-0.1, -0.05) is 19.4 Å². The van der Waals surface area contributed by atoms with Gasteiger partial charge in [0.15, 0.2) is 11.6 Å². The van der Waals surface area contributed by atoms with E-state index in [1.54, 1.807) is 0 Å². The molecule has 0 aromatic carbocycles. The van der Waals surface area contributed by atoms with E-state index in [0.717, 1.165) is 25.7 Å². The van der Waals surface area contributed by atoms with E-state index < -0.39 is 5.79 Å². The fourth-order valence-electron chi connectivity index (χ4n) is 8.41. The first-order chi connectivity index (χ1) is 13.3. The van der Waals surface area contributed by atoms with Gasteiger partial charge in [0.2, 0.25) is 0 Å². The van der Waals surface area contributed by atoms with Gasteiger partial charge in [-0.15, -0.1) is 0 Å². The minimum atomic E-state index is -0.613. The van der Waals surface area contributed by atoms with Crippen molar-refractivity contribution >= 4 is 5.78 Å². The maximum absolute atomic E-state index is 12.0. The number of fused-ring (bicyclic) bond motifs is 5. The fourth-order valence-corrected chi connectivity index (χ4v) is 8.41. The summed E-state index contributed by atoms with van der Waals surface area (Å²) in [6, 6.07) is 2.65. The molecule has 7 atom stereocenters. The molecule has 0 aromatic rings. The van der Waals surface area contributed by atoms with Crippen molar-refractivity contribution in [1.82, 2.24) is 0 Å². The number of ether oxygens (including phenoxy) is 2. The van der Waals surface area contributed by atoms with Gasteiger partial charge in [0.05, 0.1) is 25.2 Å². The summed E-state index contributed by atoms with van der Waals surface area (Å²) < 4.78 is 12.2. The summed E-state index contributed by atoms with van der Waals surface area (Å²) in [7, 11) is 0. The van der Waals surface area contributed by atoms with Crippen LogP contribution >= 0.6 is 0 Å². The number of ketones is 1. The minimum absolute atomic E-state index is 0.00882. The molecule has 3 saturated carbocycles. The van der Waals surface area contributed by atoms with Crippen LogP contribution in [0.25, 0.3) is 0 Å². The molecule has 0 amide bonds. The van der Waals surface area contributed by atoms with Gasteiger partial charge in [-0.3, -0.25) is 4.79 Å². The largest absolute Gasteiger partial charge is 0.347 e. The molecule has 0 unspecified atom stereocenters. The van der Waals surface area contributed by atoms with Gasteiger partial charge in [0.1, 0.15) is 0 Å². The molecule has 0 radical (unpaired) electrons. The molecule has 5 aliphatic rings. The second kappa shape index (κ2) is 6.16. The third kappa shape index (κ3) is 2.39. The lowest BCUT2D eigenvalue weighted by Crippen LogP contribution is -2.53. The van der Waals surface area contributed by atoms with E-state index in [4.69, 9.17) is 9.47 Å². The molecule has 4 aliphatic carbocycles. The van der Waals surface area contributed by atoms with Crippen molar-refractivity contribution in [1.29, 1.82) is 5.26 Å². The van der Waals surface area contributed by atoms with Crippen molar-refractivity contribution in [3.63, 3.8) is 0 Å². The summed E-state index contributed by atoms with van der Waals surface area (Å²) in [5.41, 5.74) is 1.69. The molecule has 0 aromatic heterocycles. The molecule has 4 heteroatoms. The van der Waals surface area contributed by atoms with Crippen LogP contribution in [0.3, 0.4) is 0 Å². The number of rotatable bonds is 1. The van der Waals surface area contributed by atoms with E-state index in [0.29, 0.717) is 43.2 Å². The molecule has 4 fully saturated rings. The standard InChI is InChI=1S/C24H33NO3/c1-22-8-6-17(26)13-16(22)4-5-18-19(22)7-9-23(2)20(18)12-15(14-25)21(23)24(3)27-10-11-28-24/h13,15,18-21H,4-12H2,1-3H3/t15-,18+,19+,20+,21+,22-,23-/m0/s1. The maximum atomic E-state index is 12.0. The Labute approximate surface area is 168 Å². The first kappa shape index (κ1) is 18.8. The molecule has 0 N–H and O–H groups in total. The summed E-state index contributed by atoms with van der Waals surface area (Å²) in [5.74, 6) is 1.72. The van der Waals surface area contributed by atoms with E-state index in [2.05, 4.69) is 26.8 Å². The number of carbonyl (C=O) groups is 1. The van der Waals surface area contributed by atoms with Gasteiger partial charge in [0, 0.05) is 12.3 Å². The zero-order valence-electron chi connectivity index (χ0n) is 17.5. The second-order valence-electron chi connectivity index (χ2n) is 10.7. The summed E-state index contributed by atoms with van der Waals surface area (Å²) in [6.45, 7) is 8.19. The molecule has 152 valence electrons. The van der Waals surface area contributed by atoms with Crippen LogP contribution in [0.4, 0.5) is 0 Å². The molecule has 1 saturated heterocycles. The predicted molar refractivity (Wildman–Crippen MR) is 105 cm³/mol. The Bertz CT molecular complexity index is 760. The Balaban J connectivity index is 1.50. The van der Waals surface area contributed by atoms with E-state index in [1.165, 1.54) is 18.4 Å². The lowest BCUT2D eigenvalue weighted by Gasteiger charge is -2.58. The Morgan fingerprint density at radius 2 is 1.82 bits per heavy atom. The summed E-state index contributed by atoms with van der Waals surface area (Å²) >= 11 is 0. The molecule has 1 aliphatic heterocycles. The zero-order valence-corrected chi connectivity index (χ0v) is 17.5. The lowest BCUT2D eigenvalue weighted by molar-refractivity contribution is -0.220. The first-order valence-corrected chi connectivity index (χ1v) is 11.2. The van der Waals surface area contributed by atoms with Gasteiger partial charge in [-0.2, -0.15) is 5.26 Å². The number of carbonyl (C=O) groups excluding carboxylic acids is 1. The molecule has 1 heterocycles. The summed E-state index contributed by atoms with van der Waals surface area (Å²) in [5, 5.41) is 10.0. The van der Waals surface area contributed by atoms with Gasteiger partial charge in [-0.05, 0) is 80.1 Å². The Hall–Kier alpha value is -1.18. The SMILES string of the molecule is CC1([C@@H]2[C@H](C#N)C[C@@H]3[C@@H]4CCC5=CC(=O)CC[C@]5(C)[C@@H]4CC[C@@]32C)OCCO1. The molecule has 28 heavy (non-hydrogen) atoms. The zero-order chi connectivity index (χ0) is 19.7. The van der Waals surface area contributed by atoms with Crippen molar-refractivity contribution in [3.05, 3.63) is 11.6 Å². The van der Waals surface area contributed by atoms with Crippen molar-refractivity contribution < 1.29 is 14.3 Å². The number of allylic oxidation sites excluding steroid dienone is 1. The summed E-state index contributed by atoms with van der Waals surface area (Å²) in [4.78, 5) is 12.0. The molecule has 0 spiro atoms. The topological polar surface area (TPSA) is 59.3 Å². The number of nitriles is 1. The van der Waals surface area contributed by atoms with Crippen molar-refractivity contribution in [2.24, 2.45) is 40.4 Å². The van der Waals surface area contributed by atoms with Crippen LogP contribution in [-0.4, -0.2) is 24.8 Å². The highest BCUT2D eigenvalue weighted by Gasteiger charge is 2.66. The van der Waals surface area contributed by atoms with E-state index >= 15 is 0 Å². The average molecular weight is 384 g/mol. The van der Waals surface area contributed by atoms with E-state index in [9.17, 15) is 10.1 Å². The highest BCUT2D eigenvalue weighted by Crippen LogP contribution is 2.69. The average Bonchev–Trinajstić information content (AvgIpc) is 3.23. The third-order valence-electron chi connectivity index (χ3n) is 9.61. The van der Waals surface area contributed by atoms with Gasteiger partial charge in [0.25, 0.3) is 0 Å². The van der Waals surface area contributed by atoms with Crippen LogP contribution in [0.5, 0.6) is 0 Å². The Morgan fingerprint density at radius 1 is 1.07 bits per heavy atom. The molecular formula is C24H33NO3. The first-order valence-electron chi connectivity index (χ1n) is 11.2. The van der Waals surface area contributed by atoms with Crippen LogP contribution < -0.4 is 0 Å². The van der Waals surface area contributed by atoms with Crippen molar-refractivity contribution in [2.75, 3.05) is 13.2 Å². The molecule has 0 bridgehead atoms. The summed E-state index contributed by atoms with van der Waals surface area (Å²) in [6.07, 6.45) is 9.24. The smallest absolute Gasteiger partial charge is 0.170 e. The lowest BCUT2D eigenvalue weighted by atomic mass is 9.46. The van der Waals surface area contributed by atoms with Gasteiger partial charge < -0.3 is 9.47 Å². The Morgan fingerprint density at radius 3 is 2.54 bits per heavy atom. The van der Waals surface area contributed by atoms with Crippen LogP contribution in [0.2, 0.25) is 0 Å². The number of nitrogens with zero attached hydrogens (tertiary/aromatic N) is 1. The fraction of sp³-hybridized carbons (Fsp3) is 0.833. The van der Waals surface area contributed by atoms with Crippen LogP contribution in [0, 0.1) is 51.8 Å². The molecular weight excluding hydrogens is 350 g/mol. The van der Waals surface area contributed by atoms with Crippen LogP contribution in [0.15, 0.2) is 11.6 Å². The highest BCUT2D eigenvalue weighted by atomic mass is 16.7. The quantitative estimate of drug-likeness (QED) is 0.661. The minimum Gasteiger partial charge on any atom is -0.347 e. The number of hydrogen-bond acceptors (Lipinski definition) is 4.